The van der Waals surface area contributed by atoms with Crippen LogP contribution in [0.5, 0.6) is 0 Å². The second-order valence-electron chi connectivity index (χ2n) is 4.99. The summed E-state index contributed by atoms with van der Waals surface area (Å²) in [5, 5.41) is 24.7. The van der Waals surface area contributed by atoms with Gasteiger partial charge in [-0.05, 0) is 42.5 Å². The van der Waals surface area contributed by atoms with Crippen molar-refractivity contribution in [1.82, 2.24) is 5.43 Å². The molecule has 0 unspecified atom stereocenters. The Kier molecular flexibility index (Phi) is 6.17. The molecule has 0 saturated heterocycles. The standard InChI is InChI=1S/C15H13N5O6S/c1-26-14(21)9-2-4-10(5-3-9)16-15(27)18-17-12-7-6-11(19(22)23)8-13(12)20(24)25/h2-8,17H,1H3,(H2,16,18,27). The molecule has 0 radical (unpaired) electrons. The number of nitro benzene ring substituents is 2. The third-order valence-electron chi connectivity index (χ3n) is 3.26. The van der Waals surface area contributed by atoms with Crippen molar-refractivity contribution >= 4 is 46.0 Å². The molecule has 2 rings (SSSR count). The molecule has 11 nitrogen and oxygen atoms in total. The molecule has 3 N–H and O–H groups in total. The maximum absolute atomic E-state index is 11.4. The number of nitro groups is 2. The van der Waals surface area contributed by atoms with Gasteiger partial charge in [0.1, 0.15) is 5.69 Å². The molecule has 0 aliphatic heterocycles. The smallest absolute Gasteiger partial charge is 0.337 e. The lowest BCUT2D eigenvalue weighted by atomic mass is 10.2. The summed E-state index contributed by atoms with van der Waals surface area (Å²) in [4.78, 5) is 31.7. The van der Waals surface area contributed by atoms with E-state index in [1.807, 2.05) is 0 Å². The fraction of sp³-hybridized carbons (Fsp3) is 0.0667. The zero-order chi connectivity index (χ0) is 20.0. The maximum Gasteiger partial charge on any atom is 0.337 e. The average Bonchev–Trinajstić information content (AvgIpc) is 2.66. The molecular formula is C15H13N5O6S. The molecule has 0 bridgehead atoms. The zero-order valence-corrected chi connectivity index (χ0v) is 14.6. The molecule has 0 aliphatic carbocycles. The van der Waals surface area contributed by atoms with E-state index in [9.17, 15) is 25.0 Å². The van der Waals surface area contributed by atoms with Crippen molar-refractivity contribution in [2.45, 2.75) is 0 Å². The summed E-state index contributed by atoms with van der Waals surface area (Å²) in [5.41, 5.74) is 5.10. The van der Waals surface area contributed by atoms with Crippen molar-refractivity contribution in [1.29, 1.82) is 0 Å². The Morgan fingerprint density at radius 3 is 2.30 bits per heavy atom. The van der Waals surface area contributed by atoms with E-state index in [1.54, 1.807) is 12.1 Å². The molecular weight excluding hydrogens is 378 g/mol. The number of esters is 1. The number of nitrogens with zero attached hydrogens (tertiary/aromatic N) is 2. The van der Waals surface area contributed by atoms with Gasteiger partial charge in [0.15, 0.2) is 5.11 Å². The van der Waals surface area contributed by atoms with Gasteiger partial charge in [0.05, 0.1) is 28.6 Å². The van der Waals surface area contributed by atoms with Crippen LogP contribution in [0, 0.1) is 20.2 Å². The van der Waals surface area contributed by atoms with Gasteiger partial charge in [-0.15, -0.1) is 0 Å². The van der Waals surface area contributed by atoms with Gasteiger partial charge in [0.2, 0.25) is 0 Å². The van der Waals surface area contributed by atoms with Gasteiger partial charge in [0, 0.05) is 11.8 Å². The van der Waals surface area contributed by atoms with Crippen LogP contribution in [-0.4, -0.2) is 28.0 Å². The van der Waals surface area contributed by atoms with Crippen LogP contribution in [0.3, 0.4) is 0 Å². The number of rotatable bonds is 6. The first kappa shape index (κ1) is 19.5. The van der Waals surface area contributed by atoms with Gasteiger partial charge in [-0.1, -0.05) is 0 Å². The van der Waals surface area contributed by atoms with Crippen molar-refractivity contribution in [2.75, 3.05) is 17.9 Å². The van der Waals surface area contributed by atoms with Crippen molar-refractivity contribution in [3.05, 3.63) is 68.3 Å². The predicted molar refractivity (Wildman–Crippen MR) is 101 cm³/mol. The van der Waals surface area contributed by atoms with E-state index >= 15 is 0 Å². The Labute approximate surface area is 157 Å². The summed E-state index contributed by atoms with van der Waals surface area (Å²) in [6.45, 7) is 0. The third kappa shape index (κ3) is 5.09. The molecule has 12 heteroatoms. The van der Waals surface area contributed by atoms with Gasteiger partial charge in [-0.2, -0.15) is 0 Å². The summed E-state index contributed by atoms with van der Waals surface area (Å²) in [7, 11) is 1.27. The number of carbonyl (C=O) groups excluding carboxylic acids is 1. The number of ether oxygens (including phenoxy) is 1. The number of benzene rings is 2. The van der Waals surface area contributed by atoms with Crippen LogP contribution in [0.15, 0.2) is 42.5 Å². The highest BCUT2D eigenvalue weighted by molar-refractivity contribution is 7.80. The molecule has 2 aromatic carbocycles. The van der Waals surface area contributed by atoms with E-state index < -0.39 is 27.2 Å². The summed E-state index contributed by atoms with van der Waals surface area (Å²) < 4.78 is 4.59. The van der Waals surface area contributed by atoms with Crippen molar-refractivity contribution in [3.8, 4) is 0 Å². The molecule has 0 fully saturated rings. The number of non-ortho nitro benzene ring substituents is 1. The molecule has 0 heterocycles. The van der Waals surface area contributed by atoms with Crippen LogP contribution in [0.2, 0.25) is 0 Å². The van der Waals surface area contributed by atoms with Crippen LogP contribution in [0.1, 0.15) is 10.4 Å². The molecule has 0 spiro atoms. The van der Waals surface area contributed by atoms with Gasteiger partial charge < -0.3 is 10.1 Å². The van der Waals surface area contributed by atoms with E-state index in [2.05, 4.69) is 20.9 Å². The lowest BCUT2D eigenvalue weighted by molar-refractivity contribution is -0.393. The highest BCUT2D eigenvalue weighted by Crippen LogP contribution is 2.28. The highest BCUT2D eigenvalue weighted by Gasteiger charge is 2.19. The molecule has 140 valence electrons. The fourth-order valence-electron chi connectivity index (χ4n) is 1.98. The number of thiocarbonyl (C=S) groups is 1. The quantitative estimate of drug-likeness (QED) is 0.290. The van der Waals surface area contributed by atoms with Gasteiger partial charge in [-0.25, -0.2) is 4.79 Å². The Morgan fingerprint density at radius 1 is 1.07 bits per heavy atom. The molecule has 0 amide bonds. The van der Waals surface area contributed by atoms with E-state index in [0.717, 1.165) is 12.1 Å². The summed E-state index contributed by atoms with van der Waals surface area (Å²) >= 11 is 5.06. The summed E-state index contributed by atoms with van der Waals surface area (Å²) in [6.07, 6.45) is 0. The second kappa shape index (κ2) is 8.53. The van der Waals surface area contributed by atoms with Crippen LogP contribution in [0.25, 0.3) is 0 Å². The van der Waals surface area contributed by atoms with Crippen LogP contribution in [0.4, 0.5) is 22.7 Å². The number of anilines is 2. The van der Waals surface area contributed by atoms with E-state index in [1.165, 1.54) is 25.3 Å². The second-order valence-corrected chi connectivity index (χ2v) is 5.40. The largest absolute Gasteiger partial charge is 0.465 e. The van der Waals surface area contributed by atoms with Gasteiger partial charge >= 0.3 is 11.7 Å². The zero-order valence-electron chi connectivity index (χ0n) is 13.8. The SMILES string of the molecule is COC(=O)c1ccc(NC(=S)NNc2ccc([N+](=O)[O-])cc2[N+](=O)[O-])cc1. The minimum atomic E-state index is -0.751. The number of nitrogens with one attached hydrogen (secondary N) is 3. The van der Waals surface area contributed by atoms with Crippen molar-refractivity contribution in [3.63, 3.8) is 0 Å². The first-order chi connectivity index (χ1) is 12.8. The lowest BCUT2D eigenvalue weighted by Gasteiger charge is -2.12. The average molecular weight is 391 g/mol. The maximum atomic E-state index is 11.4. The minimum Gasteiger partial charge on any atom is -0.465 e. The lowest BCUT2D eigenvalue weighted by Crippen LogP contribution is -2.33. The summed E-state index contributed by atoms with van der Waals surface area (Å²) in [5.74, 6) is -0.477. The number of carbonyl (C=O) groups is 1. The number of hydrogen-bond acceptors (Lipinski definition) is 8. The number of methoxy groups -OCH3 is 1. The molecule has 0 aliphatic rings. The van der Waals surface area contributed by atoms with Gasteiger partial charge in [-0.3, -0.25) is 31.1 Å². The molecule has 0 saturated carbocycles. The predicted octanol–water partition coefficient (Wildman–Crippen LogP) is 2.60. The molecule has 0 aromatic heterocycles. The summed E-state index contributed by atoms with van der Waals surface area (Å²) in [6, 6.07) is 9.40. The van der Waals surface area contributed by atoms with E-state index in [-0.39, 0.29) is 10.8 Å². The normalized spacial score (nSPS) is 9.81. The van der Waals surface area contributed by atoms with E-state index in [4.69, 9.17) is 12.2 Å². The molecule has 27 heavy (non-hydrogen) atoms. The van der Waals surface area contributed by atoms with Crippen LogP contribution in [-0.2, 0) is 4.74 Å². The van der Waals surface area contributed by atoms with Gasteiger partial charge in [0.25, 0.3) is 5.69 Å². The Morgan fingerprint density at radius 2 is 1.74 bits per heavy atom. The Bertz CT molecular complexity index is 902. The third-order valence-corrected chi connectivity index (χ3v) is 3.47. The molecule has 0 atom stereocenters. The number of hydrogen-bond donors (Lipinski definition) is 3. The minimum absolute atomic E-state index is 0.00390. The Hall–Kier alpha value is -3.80. The first-order valence-electron chi connectivity index (χ1n) is 7.26. The fourth-order valence-corrected chi connectivity index (χ4v) is 2.15. The van der Waals surface area contributed by atoms with Crippen molar-refractivity contribution < 1.29 is 19.4 Å². The first-order valence-corrected chi connectivity index (χ1v) is 7.67. The van der Waals surface area contributed by atoms with Crippen LogP contribution < -0.4 is 16.2 Å². The topological polar surface area (TPSA) is 149 Å². The molecule has 2 aromatic rings. The monoisotopic (exact) mass is 391 g/mol. The van der Waals surface area contributed by atoms with Crippen molar-refractivity contribution in [2.24, 2.45) is 0 Å². The number of hydrazine groups is 1. The highest BCUT2D eigenvalue weighted by atomic mass is 32.1. The van der Waals surface area contributed by atoms with Crippen LogP contribution >= 0.6 is 12.2 Å². The Balaban J connectivity index is 2.02. The van der Waals surface area contributed by atoms with E-state index in [0.29, 0.717) is 11.3 Å².